The number of likely N-dealkylation sites (tertiary alicyclic amines) is 1. The molecule has 4 N–H and O–H groups in total. The Labute approximate surface area is 260 Å². The van der Waals surface area contributed by atoms with Crippen molar-refractivity contribution in [2.45, 2.75) is 77.9 Å². The van der Waals surface area contributed by atoms with E-state index in [1.807, 2.05) is 38.1 Å². The highest BCUT2D eigenvalue weighted by atomic mass is 35.5. The van der Waals surface area contributed by atoms with Gasteiger partial charge in [0.15, 0.2) is 0 Å². The molecule has 2 saturated heterocycles. The summed E-state index contributed by atoms with van der Waals surface area (Å²) in [6, 6.07) is 10.8. The molecule has 0 radical (unpaired) electrons. The number of amides is 2. The summed E-state index contributed by atoms with van der Waals surface area (Å²) in [6.07, 6.45) is 3.84. The van der Waals surface area contributed by atoms with Crippen molar-refractivity contribution in [2.24, 2.45) is 5.41 Å². The lowest BCUT2D eigenvalue weighted by atomic mass is 9.75. The molecule has 2 heterocycles. The fraction of sp³-hybridized carbons (Fsp3) is 0.562. The third kappa shape index (κ3) is 11.1. The van der Waals surface area contributed by atoms with Gasteiger partial charge < -0.3 is 26.0 Å². The zero-order chi connectivity index (χ0) is 31.3. The third-order valence-corrected chi connectivity index (χ3v) is 7.98. The number of hydrogen-bond acceptors (Lipinski definition) is 5. The summed E-state index contributed by atoms with van der Waals surface area (Å²) in [5.41, 5.74) is 2.47. The number of nitrogens with zero attached hydrogens (tertiary/aromatic N) is 1. The summed E-state index contributed by atoms with van der Waals surface area (Å²) in [4.78, 5) is 23.3. The molecule has 0 spiro atoms. The Bertz CT molecular complexity index is 1120. The van der Waals surface area contributed by atoms with E-state index in [4.69, 9.17) is 23.2 Å². The normalized spacial score (nSPS) is 20.9. The number of nitrogens with one attached hydrogen (secondary N) is 3. The van der Waals surface area contributed by atoms with E-state index in [-0.39, 0.29) is 34.4 Å². The predicted molar refractivity (Wildman–Crippen MR) is 171 cm³/mol. The molecule has 2 unspecified atom stereocenters. The van der Waals surface area contributed by atoms with Crippen LogP contribution in [0.1, 0.15) is 76.8 Å². The van der Waals surface area contributed by atoms with Crippen LogP contribution in [0.15, 0.2) is 36.4 Å². The molecule has 0 bridgehead atoms. The first-order valence-corrected chi connectivity index (χ1v) is 15.5. The van der Waals surface area contributed by atoms with E-state index >= 15 is 0 Å². The Kier molecular flexibility index (Phi) is 15.2. The van der Waals surface area contributed by atoms with E-state index < -0.39 is 5.82 Å². The topological polar surface area (TPSA) is 93.7 Å². The molecular weight excluding hydrogens is 578 g/mol. The lowest BCUT2D eigenvalue weighted by molar-refractivity contribution is -0.109. The number of carbonyl (C=O) groups excluding carboxylic acids is 2. The van der Waals surface area contributed by atoms with Gasteiger partial charge in [0.1, 0.15) is 5.82 Å². The second-order valence-electron chi connectivity index (χ2n) is 11.7. The van der Waals surface area contributed by atoms with Crippen LogP contribution in [0.5, 0.6) is 0 Å². The summed E-state index contributed by atoms with van der Waals surface area (Å²) in [5, 5.41) is 18.8. The smallest absolute Gasteiger partial charge is 0.211 e. The Hall–Kier alpha value is -2.23. The Morgan fingerprint density at radius 3 is 2.38 bits per heavy atom. The van der Waals surface area contributed by atoms with E-state index in [1.165, 1.54) is 12.1 Å². The van der Waals surface area contributed by atoms with Crippen molar-refractivity contribution >= 4 is 41.7 Å². The van der Waals surface area contributed by atoms with Gasteiger partial charge in [-0.1, -0.05) is 70.0 Å². The van der Waals surface area contributed by atoms with Crippen molar-refractivity contribution in [2.75, 3.05) is 38.0 Å². The molecule has 2 aromatic carbocycles. The van der Waals surface area contributed by atoms with Crippen molar-refractivity contribution in [1.82, 2.24) is 15.5 Å². The Balaban J connectivity index is 0.000000368. The highest BCUT2D eigenvalue weighted by molar-refractivity contribution is 6.31. The number of benzene rings is 2. The minimum Gasteiger partial charge on any atom is -0.393 e. The van der Waals surface area contributed by atoms with Gasteiger partial charge in [0.2, 0.25) is 12.8 Å². The lowest BCUT2D eigenvalue weighted by Gasteiger charge is -2.31. The van der Waals surface area contributed by atoms with Crippen LogP contribution in [-0.4, -0.2) is 67.7 Å². The van der Waals surface area contributed by atoms with E-state index in [0.29, 0.717) is 23.7 Å². The first kappa shape index (κ1) is 36.0. The van der Waals surface area contributed by atoms with Crippen molar-refractivity contribution in [3.05, 3.63) is 63.4 Å². The zero-order valence-electron chi connectivity index (χ0n) is 25.4. The quantitative estimate of drug-likeness (QED) is 0.197. The summed E-state index contributed by atoms with van der Waals surface area (Å²) in [6.45, 7) is 14.8. The van der Waals surface area contributed by atoms with Crippen LogP contribution < -0.4 is 16.0 Å². The summed E-state index contributed by atoms with van der Waals surface area (Å²) in [7, 11) is 0. The number of anilines is 1. The largest absolute Gasteiger partial charge is 0.393 e. The molecule has 0 saturated carbocycles. The van der Waals surface area contributed by atoms with Crippen LogP contribution >= 0.6 is 23.2 Å². The lowest BCUT2D eigenvalue weighted by Crippen LogP contribution is -2.39. The molecular formula is C32H47Cl2FN4O3. The van der Waals surface area contributed by atoms with Crippen LogP contribution in [0, 0.1) is 11.2 Å². The number of halogens is 3. The van der Waals surface area contributed by atoms with E-state index in [1.54, 1.807) is 0 Å². The molecule has 42 heavy (non-hydrogen) atoms. The SMILES string of the molecule is CC.CC(C)(C)C[C@H]1NCC(c2cccc(Cl)c2)C1c1cc(F)c(Cl)cc1NC=O.O=CNCCN1CCC(O)CC1. The first-order valence-electron chi connectivity index (χ1n) is 14.8. The van der Waals surface area contributed by atoms with E-state index in [9.17, 15) is 19.1 Å². The van der Waals surface area contributed by atoms with Gasteiger partial charge in [-0.2, -0.15) is 0 Å². The molecule has 7 nitrogen and oxygen atoms in total. The minimum absolute atomic E-state index is 0.00858. The van der Waals surface area contributed by atoms with Gasteiger partial charge in [-0.15, -0.1) is 0 Å². The molecule has 2 aromatic rings. The van der Waals surface area contributed by atoms with E-state index in [0.717, 1.165) is 63.0 Å². The molecule has 4 rings (SSSR count). The number of rotatable bonds is 9. The van der Waals surface area contributed by atoms with Crippen LogP contribution in [-0.2, 0) is 9.59 Å². The maximum atomic E-state index is 14.4. The first-order chi connectivity index (χ1) is 20.0. The van der Waals surface area contributed by atoms with Crippen LogP contribution in [0.2, 0.25) is 10.0 Å². The zero-order valence-corrected chi connectivity index (χ0v) is 26.9. The maximum absolute atomic E-state index is 14.4. The van der Waals surface area contributed by atoms with Crippen molar-refractivity contribution in [1.29, 1.82) is 0 Å². The summed E-state index contributed by atoms with van der Waals surface area (Å²) < 4.78 is 14.4. The van der Waals surface area contributed by atoms with Crippen molar-refractivity contribution in [3.8, 4) is 0 Å². The average Bonchev–Trinajstić information content (AvgIpc) is 3.35. The standard InChI is InChI=1S/C22H25Cl2FN2O.C8H16N2O2.C2H6/c1-22(2,3)10-20-21(15-8-18(25)17(24)9-19(15)27-12-28)16(11-26-20)13-5-4-6-14(23)7-13;11-7-9-3-6-10-4-1-8(12)2-5-10;1-2/h4-9,12,16,20-21,26H,10-11H2,1-3H3,(H,27,28);7-8,12H,1-6H2,(H,9,11);1-2H3/t16?,20-,21?;;/m1../s1. The molecule has 2 fully saturated rings. The Morgan fingerprint density at radius 1 is 1.10 bits per heavy atom. The third-order valence-electron chi connectivity index (χ3n) is 7.45. The number of aliphatic hydroxyl groups is 1. The van der Waals surface area contributed by atoms with Crippen LogP contribution in [0.25, 0.3) is 0 Å². The molecule has 2 aliphatic rings. The molecule has 3 atom stereocenters. The van der Waals surface area contributed by atoms with Gasteiger partial charge in [-0.05, 0) is 60.1 Å². The summed E-state index contributed by atoms with van der Waals surface area (Å²) in [5.74, 6) is -0.426. The highest BCUT2D eigenvalue weighted by Crippen LogP contribution is 2.46. The van der Waals surface area contributed by atoms with Crippen LogP contribution in [0.4, 0.5) is 10.1 Å². The van der Waals surface area contributed by atoms with E-state index in [2.05, 4.69) is 41.6 Å². The fourth-order valence-corrected chi connectivity index (χ4v) is 5.98. The highest BCUT2D eigenvalue weighted by Gasteiger charge is 2.41. The second kappa shape index (κ2) is 17.8. The second-order valence-corrected chi connectivity index (χ2v) is 12.6. The van der Waals surface area contributed by atoms with Gasteiger partial charge >= 0.3 is 0 Å². The Morgan fingerprint density at radius 2 is 1.79 bits per heavy atom. The maximum Gasteiger partial charge on any atom is 0.211 e. The summed E-state index contributed by atoms with van der Waals surface area (Å²) >= 11 is 12.2. The predicted octanol–water partition coefficient (Wildman–Crippen LogP) is 6.19. The molecule has 2 amide bonds. The van der Waals surface area contributed by atoms with Crippen molar-refractivity contribution in [3.63, 3.8) is 0 Å². The molecule has 10 heteroatoms. The fourth-order valence-electron chi connectivity index (χ4n) is 5.62. The number of carbonyl (C=O) groups is 2. The molecule has 2 aliphatic heterocycles. The molecule has 234 valence electrons. The van der Waals surface area contributed by atoms with Gasteiger partial charge in [-0.3, -0.25) is 9.59 Å². The molecule has 0 aromatic heterocycles. The molecule has 0 aliphatic carbocycles. The average molecular weight is 626 g/mol. The monoisotopic (exact) mass is 624 g/mol. The minimum atomic E-state index is -0.487. The number of hydrogen-bond donors (Lipinski definition) is 4. The van der Waals surface area contributed by atoms with Crippen LogP contribution in [0.3, 0.4) is 0 Å². The van der Waals surface area contributed by atoms with Crippen molar-refractivity contribution < 1.29 is 19.1 Å². The van der Waals surface area contributed by atoms with Gasteiger partial charge in [0.05, 0.1) is 11.1 Å². The van der Waals surface area contributed by atoms with Gasteiger partial charge in [-0.25, -0.2) is 4.39 Å². The number of piperidine rings is 1. The van der Waals surface area contributed by atoms with Gasteiger partial charge in [0, 0.05) is 61.3 Å². The number of aliphatic hydroxyl groups excluding tert-OH is 1. The van der Waals surface area contributed by atoms with Gasteiger partial charge in [0.25, 0.3) is 0 Å².